The molecule has 1 aromatic heterocycles. The van der Waals surface area contributed by atoms with Crippen LogP contribution in [-0.4, -0.2) is 10.1 Å². The largest absolute Gasteiger partial charge is 0.235 e. The summed E-state index contributed by atoms with van der Waals surface area (Å²) in [6.07, 6.45) is 3.59. The highest BCUT2D eigenvalue weighted by molar-refractivity contribution is 7.78. The van der Waals surface area contributed by atoms with Crippen LogP contribution >= 0.6 is 12.2 Å². The lowest BCUT2D eigenvalue weighted by molar-refractivity contribution is 0.622. The van der Waals surface area contributed by atoms with Gasteiger partial charge in [-0.1, -0.05) is 61.6 Å². The van der Waals surface area contributed by atoms with Gasteiger partial charge >= 0.3 is 0 Å². The molecule has 132 valence electrons. The van der Waals surface area contributed by atoms with Gasteiger partial charge < -0.3 is 0 Å². The molecule has 0 atom stereocenters. The predicted molar refractivity (Wildman–Crippen MR) is 111 cm³/mol. The van der Waals surface area contributed by atoms with Crippen molar-refractivity contribution in [1.82, 2.24) is 4.98 Å². The molecule has 0 aliphatic heterocycles. The van der Waals surface area contributed by atoms with E-state index in [0.717, 1.165) is 24.0 Å². The first-order valence-corrected chi connectivity index (χ1v) is 9.05. The molecule has 2 nitrogen and oxygen atoms in total. The number of hydrogen-bond acceptors (Lipinski definition) is 3. The highest BCUT2D eigenvalue weighted by Gasteiger charge is 2.02. The van der Waals surface area contributed by atoms with Crippen LogP contribution in [-0.2, 0) is 6.42 Å². The van der Waals surface area contributed by atoms with Gasteiger partial charge in [-0.05, 0) is 47.5 Å². The highest BCUT2D eigenvalue weighted by Crippen LogP contribution is 2.21. The van der Waals surface area contributed by atoms with Crippen LogP contribution in [0.1, 0.15) is 30.0 Å². The third-order valence-corrected chi connectivity index (χ3v) is 4.14. The van der Waals surface area contributed by atoms with Gasteiger partial charge in [0.2, 0.25) is 0 Å². The Kier molecular flexibility index (Phi) is 6.22. The molecular weight excluding hydrogens is 355 g/mol. The van der Waals surface area contributed by atoms with Crippen molar-refractivity contribution >= 4 is 23.2 Å². The molecular formula is C23H17FN2S. The van der Waals surface area contributed by atoms with Crippen LogP contribution in [0, 0.1) is 17.7 Å². The van der Waals surface area contributed by atoms with Gasteiger partial charge in [-0.15, -0.1) is 0 Å². The third kappa shape index (κ3) is 4.95. The van der Waals surface area contributed by atoms with E-state index in [-0.39, 0.29) is 11.4 Å². The van der Waals surface area contributed by atoms with Gasteiger partial charge in [0.05, 0.1) is 10.7 Å². The maximum atomic E-state index is 14.0. The molecule has 0 spiro atoms. The predicted octanol–water partition coefficient (Wildman–Crippen LogP) is 5.97. The molecule has 27 heavy (non-hydrogen) atoms. The molecule has 0 saturated carbocycles. The molecule has 3 rings (SSSR count). The number of pyridine rings is 1. The first-order valence-electron chi connectivity index (χ1n) is 8.64. The Bertz CT molecular complexity index is 1040. The van der Waals surface area contributed by atoms with Crippen LogP contribution in [0.5, 0.6) is 0 Å². The Labute approximate surface area is 163 Å². The molecule has 0 fully saturated rings. The number of aliphatic imine (C=N–C) groups is 1. The van der Waals surface area contributed by atoms with Gasteiger partial charge in [0.1, 0.15) is 5.82 Å². The van der Waals surface area contributed by atoms with E-state index in [1.807, 2.05) is 24.3 Å². The van der Waals surface area contributed by atoms with Crippen LogP contribution in [0.3, 0.4) is 0 Å². The van der Waals surface area contributed by atoms with E-state index in [2.05, 4.69) is 70.4 Å². The van der Waals surface area contributed by atoms with Crippen molar-refractivity contribution in [1.29, 1.82) is 0 Å². The summed E-state index contributed by atoms with van der Waals surface area (Å²) in [7, 11) is 0. The Morgan fingerprint density at radius 1 is 1.00 bits per heavy atom. The fourth-order valence-corrected chi connectivity index (χ4v) is 2.75. The van der Waals surface area contributed by atoms with Crippen molar-refractivity contribution in [2.45, 2.75) is 19.8 Å². The fraction of sp³-hybridized carbons (Fsp3) is 0.130. The average Bonchev–Trinajstić information content (AvgIpc) is 2.69. The summed E-state index contributed by atoms with van der Waals surface area (Å²) in [5.41, 5.74) is 4.66. The topological polar surface area (TPSA) is 25.2 Å². The normalized spacial score (nSPS) is 9.85. The summed E-state index contributed by atoms with van der Waals surface area (Å²) in [5.74, 6) is 5.47. The molecule has 1 heterocycles. The molecule has 0 amide bonds. The van der Waals surface area contributed by atoms with Gasteiger partial charge in [0.15, 0.2) is 5.82 Å². The Balaban J connectivity index is 1.77. The Morgan fingerprint density at radius 2 is 1.67 bits per heavy atom. The number of halogens is 1. The summed E-state index contributed by atoms with van der Waals surface area (Å²) in [6.45, 7) is 2.18. The zero-order valence-corrected chi connectivity index (χ0v) is 15.7. The maximum Gasteiger partial charge on any atom is 0.165 e. The quantitative estimate of drug-likeness (QED) is 0.320. The first-order chi connectivity index (χ1) is 13.2. The van der Waals surface area contributed by atoms with Crippen LogP contribution in [0.25, 0.3) is 11.1 Å². The number of thiocarbonyl (C=S) groups is 1. The number of benzene rings is 2. The van der Waals surface area contributed by atoms with Gasteiger partial charge in [-0.2, -0.15) is 4.99 Å². The fourth-order valence-electron chi connectivity index (χ4n) is 2.66. The minimum Gasteiger partial charge on any atom is -0.235 e. The van der Waals surface area contributed by atoms with Crippen molar-refractivity contribution in [3.05, 3.63) is 83.3 Å². The molecule has 0 unspecified atom stereocenters. The summed E-state index contributed by atoms with van der Waals surface area (Å²) in [4.78, 5) is 7.62. The second-order valence-corrected chi connectivity index (χ2v) is 6.18. The van der Waals surface area contributed by atoms with Crippen LogP contribution < -0.4 is 0 Å². The lowest BCUT2D eigenvalue weighted by atomic mass is 10.0. The summed E-state index contributed by atoms with van der Waals surface area (Å²) in [5, 5.41) is 2.16. The zero-order chi connectivity index (χ0) is 19.1. The highest BCUT2D eigenvalue weighted by atomic mass is 32.1. The van der Waals surface area contributed by atoms with E-state index in [1.165, 1.54) is 23.4 Å². The smallest absolute Gasteiger partial charge is 0.165 e. The van der Waals surface area contributed by atoms with Gasteiger partial charge in [-0.25, -0.2) is 9.37 Å². The lowest BCUT2D eigenvalue weighted by Gasteiger charge is -2.04. The minimum atomic E-state index is -0.481. The molecule has 4 heteroatoms. The van der Waals surface area contributed by atoms with E-state index in [0.29, 0.717) is 0 Å². The maximum absolute atomic E-state index is 14.0. The van der Waals surface area contributed by atoms with Crippen molar-refractivity contribution in [3.63, 3.8) is 0 Å². The van der Waals surface area contributed by atoms with Gasteiger partial charge in [0, 0.05) is 17.8 Å². The molecule has 0 saturated heterocycles. The van der Waals surface area contributed by atoms with Crippen LogP contribution in [0.4, 0.5) is 10.2 Å². The standard InChI is InChI=1S/C23H17FN2S/c1-2-3-17-4-9-19(10-5-17)20-11-6-18(7-12-20)8-13-21-15-25-23(26-16-27)14-22(21)24/h4-7,9-12,14-15H,2-3H2,1H3. The SMILES string of the molecule is CCCc1ccc(-c2ccc(C#Cc3cnc(N=C=S)cc3F)cc2)cc1. The van der Waals surface area contributed by atoms with Crippen molar-refractivity contribution < 1.29 is 4.39 Å². The Hall–Kier alpha value is -3.12. The summed E-state index contributed by atoms with van der Waals surface area (Å²) in [6, 6.07) is 17.7. The second kappa shape index (κ2) is 9.00. The molecule has 0 N–H and O–H groups in total. The van der Waals surface area contributed by atoms with Crippen LogP contribution in [0.2, 0.25) is 0 Å². The van der Waals surface area contributed by atoms with E-state index in [4.69, 9.17) is 0 Å². The number of nitrogens with zero attached hydrogens (tertiary/aromatic N) is 2. The van der Waals surface area contributed by atoms with Gasteiger partial charge in [0.25, 0.3) is 0 Å². The molecule has 2 aromatic carbocycles. The monoisotopic (exact) mass is 372 g/mol. The molecule has 0 radical (unpaired) electrons. The van der Waals surface area contributed by atoms with Gasteiger partial charge in [-0.3, -0.25) is 0 Å². The number of hydrogen-bond donors (Lipinski definition) is 0. The number of aromatic nitrogens is 1. The van der Waals surface area contributed by atoms with Crippen molar-refractivity contribution in [2.75, 3.05) is 0 Å². The molecule has 0 bridgehead atoms. The van der Waals surface area contributed by atoms with E-state index in [1.54, 1.807) is 0 Å². The van der Waals surface area contributed by atoms with Crippen LogP contribution in [0.15, 0.2) is 65.8 Å². The molecule has 0 aliphatic rings. The lowest BCUT2D eigenvalue weighted by Crippen LogP contribution is -1.86. The number of rotatable bonds is 4. The summed E-state index contributed by atoms with van der Waals surface area (Å²) < 4.78 is 14.0. The number of isothiocyanates is 1. The molecule has 0 aliphatic carbocycles. The van der Waals surface area contributed by atoms with E-state index in [9.17, 15) is 4.39 Å². The summed E-state index contributed by atoms with van der Waals surface area (Å²) >= 11 is 4.48. The zero-order valence-electron chi connectivity index (χ0n) is 14.9. The average molecular weight is 372 g/mol. The number of aryl methyl sites for hydroxylation is 1. The Morgan fingerprint density at radius 3 is 2.26 bits per heavy atom. The van der Waals surface area contributed by atoms with Crippen molar-refractivity contribution in [3.8, 4) is 23.0 Å². The van der Waals surface area contributed by atoms with Crippen molar-refractivity contribution in [2.24, 2.45) is 4.99 Å². The third-order valence-electron chi connectivity index (χ3n) is 4.05. The second-order valence-electron chi connectivity index (χ2n) is 6.00. The van der Waals surface area contributed by atoms with E-state index < -0.39 is 5.82 Å². The van der Waals surface area contributed by atoms with E-state index >= 15 is 0 Å². The molecule has 3 aromatic rings. The first kappa shape index (κ1) is 18.7. The minimum absolute atomic E-state index is 0.183.